The lowest BCUT2D eigenvalue weighted by Crippen LogP contribution is -2.30. The summed E-state index contributed by atoms with van der Waals surface area (Å²) in [6, 6.07) is 0. The van der Waals surface area contributed by atoms with Gasteiger partial charge in [0.15, 0.2) is 6.10 Å². The minimum atomic E-state index is -0.785. The SMILES string of the molecule is CCCCC/C=C\C/C=C\C/C=C\CCCCCCCCC(=O)OC(COC(=O)CCCCCCC/C=C\CCCCCC)COC(=O)CCCCCCCCCCCCCCCCCCCCC/C=C\CCCCCCCCCC. The molecule has 0 aromatic rings. The number of carbonyl (C=O) groups is 3. The van der Waals surface area contributed by atoms with Gasteiger partial charge >= 0.3 is 17.9 Å². The molecule has 0 bridgehead atoms. The molecule has 0 aromatic carbocycles. The van der Waals surface area contributed by atoms with Crippen molar-refractivity contribution in [2.24, 2.45) is 0 Å². The molecule has 0 aliphatic rings. The van der Waals surface area contributed by atoms with E-state index in [0.29, 0.717) is 19.3 Å². The summed E-state index contributed by atoms with van der Waals surface area (Å²) in [5, 5.41) is 0. The molecule has 0 fully saturated rings. The van der Waals surface area contributed by atoms with Gasteiger partial charge in [0.25, 0.3) is 0 Å². The van der Waals surface area contributed by atoms with Gasteiger partial charge in [0.05, 0.1) is 0 Å². The normalized spacial score (nSPS) is 12.4. The number of rotatable bonds is 66. The van der Waals surface area contributed by atoms with Crippen LogP contribution in [0.4, 0.5) is 0 Å². The molecule has 0 aromatic heterocycles. The molecule has 6 nitrogen and oxygen atoms in total. The third-order valence-electron chi connectivity index (χ3n) is 16.0. The van der Waals surface area contributed by atoms with E-state index in [1.165, 1.54) is 250 Å². The summed E-state index contributed by atoms with van der Waals surface area (Å²) < 4.78 is 17.0. The molecule has 1 unspecified atom stereocenters. The maximum Gasteiger partial charge on any atom is 0.306 e. The van der Waals surface area contributed by atoms with Crippen molar-refractivity contribution >= 4 is 17.9 Å². The molecule has 0 heterocycles. The molecule has 0 spiro atoms. The molecule has 1 atom stereocenters. The second kappa shape index (κ2) is 69.6. The molecule has 0 amide bonds. The van der Waals surface area contributed by atoms with Gasteiger partial charge in [-0.2, -0.15) is 0 Å². The Labute approximate surface area is 504 Å². The smallest absolute Gasteiger partial charge is 0.306 e. The molecule has 0 radical (unpaired) electrons. The minimum Gasteiger partial charge on any atom is -0.462 e. The topological polar surface area (TPSA) is 78.9 Å². The van der Waals surface area contributed by atoms with Crippen molar-refractivity contribution in [1.82, 2.24) is 0 Å². The van der Waals surface area contributed by atoms with Crippen molar-refractivity contribution in [3.63, 3.8) is 0 Å². The lowest BCUT2D eigenvalue weighted by Gasteiger charge is -2.18. The highest BCUT2D eigenvalue weighted by atomic mass is 16.6. The number of unbranched alkanes of at least 4 members (excludes halogenated alkanes) is 45. The van der Waals surface area contributed by atoms with Crippen molar-refractivity contribution in [1.29, 1.82) is 0 Å². The van der Waals surface area contributed by atoms with Crippen LogP contribution in [0.25, 0.3) is 0 Å². The molecule has 0 saturated heterocycles. The van der Waals surface area contributed by atoms with E-state index >= 15 is 0 Å². The summed E-state index contributed by atoms with van der Waals surface area (Å²) in [5.41, 5.74) is 0. The van der Waals surface area contributed by atoms with E-state index in [0.717, 1.165) is 89.9 Å². The van der Waals surface area contributed by atoms with Crippen LogP contribution in [0.1, 0.15) is 380 Å². The van der Waals surface area contributed by atoms with Crippen LogP contribution >= 0.6 is 0 Å². The summed E-state index contributed by atoms with van der Waals surface area (Å²) in [5.74, 6) is -0.880. The highest BCUT2D eigenvalue weighted by molar-refractivity contribution is 5.71. The number of hydrogen-bond donors (Lipinski definition) is 0. The van der Waals surface area contributed by atoms with Crippen LogP contribution in [-0.4, -0.2) is 37.2 Å². The van der Waals surface area contributed by atoms with Crippen molar-refractivity contribution in [3.05, 3.63) is 60.8 Å². The standard InChI is InChI=1S/C75H136O6/c1-4-7-10-13-16-19-22-25-27-29-31-32-33-34-35-36-37-38-39-40-41-42-44-45-47-50-53-56-59-62-65-68-74(77)80-71-72(70-79-73(76)67-64-61-58-55-52-49-24-21-18-15-12-9-6-3)81-75(78)69-66-63-60-57-54-51-48-46-43-30-28-26-23-20-17-14-11-8-5-2/h17,20-21,24,26,28-29,31,43,46,72H,4-16,18-19,22-23,25,27,30,32-42,44-45,47-71H2,1-3H3/b20-17-,24-21-,28-26-,31-29-,46-43-. The van der Waals surface area contributed by atoms with Gasteiger partial charge in [-0.05, 0) is 109 Å². The second-order valence-corrected chi connectivity index (χ2v) is 24.1. The summed E-state index contributed by atoms with van der Waals surface area (Å²) in [6.07, 6.45) is 89.7. The predicted octanol–water partition coefficient (Wildman–Crippen LogP) is 24.7. The van der Waals surface area contributed by atoms with Crippen molar-refractivity contribution < 1.29 is 28.6 Å². The molecule has 0 N–H and O–H groups in total. The molecule has 472 valence electrons. The summed E-state index contributed by atoms with van der Waals surface area (Å²) >= 11 is 0. The number of allylic oxidation sites excluding steroid dienone is 10. The zero-order valence-corrected chi connectivity index (χ0v) is 54.3. The lowest BCUT2D eigenvalue weighted by atomic mass is 10.0. The molecule has 6 heteroatoms. The Morgan fingerprint density at radius 1 is 0.247 bits per heavy atom. The fourth-order valence-corrected chi connectivity index (χ4v) is 10.6. The zero-order valence-electron chi connectivity index (χ0n) is 54.3. The van der Waals surface area contributed by atoms with Crippen LogP contribution < -0.4 is 0 Å². The van der Waals surface area contributed by atoms with E-state index in [1.54, 1.807) is 0 Å². The van der Waals surface area contributed by atoms with Gasteiger partial charge in [-0.1, -0.05) is 313 Å². The Bertz CT molecular complexity index is 1440. The minimum absolute atomic E-state index is 0.0790. The predicted molar refractivity (Wildman–Crippen MR) is 353 cm³/mol. The molecular formula is C75H136O6. The summed E-state index contributed by atoms with van der Waals surface area (Å²) in [4.78, 5) is 38.4. The van der Waals surface area contributed by atoms with Crippen LogP contribution in [0.2, 0.25) is 0 Å². The molecule has 0 aliphatic heterocycles. The number of carbonyl (C=O) groups excluding carboxylic acids is 3. The number of hydrogen-bond acceptors (Lipinski definition) is 6. The van der Waals surface area contributed by atoms with Crippen LogP contribution in [0, 0.1) is 0 Å². The van der Waals surface area contributed by atoms with Gasteiger partial charge < -0.3 is 14.2 Å². The van der Waals surface area contributed by atoms with E-state index in [9.17, 15) is 14.4 Å². The quantitative estimate of drug-likeness (QED) is 0.0261. The Kier molecular flexibility index (Phi) is 67.1. The van der Waals surface area contributed by atoms with E-state index in [2.05, 4.69) is 81.5 Å². The third-order valence-corrected chi connectivity index (χ3v) is 16.0. The van der Waals surface area contributed by atoms with Crippen molar-refractivity contribution in [2.75, 3.05) is 13.2 Å². The van der Waals surface area contributed by atoms with Gasteiger partial charge in [-0.15, -0.1) is 0 Å². The van der Waals surface area contributed by atoms with Gasteiger partial charge in [0, 0.05) is 19.3 Å². The lowest BCUT2D eigenvalue weighted by molar-refractivity contribution is -0.167. The molecular weight excluding hydrogens is 997 g/mol. The van der Waals surface area contributed by atoms with E-state index in [1.807, 2.05) is 0 Å². The Morgan fingerprint density at radius 3 is 0.741 bits per heavy atom. The van der Waals surface area contributed by atoms with Crippen LogP contribution in [0.3, 0.4) is 0 Å². The average Bonchev–Trinajstić information content (AvgIpc) is 3.46. The van der Waals surface area contributed by atoms with E-state index in [4.69, 9.17) is 14.2 Å². The van der Waals surface area contributed by atoms with Gasteiger partial charge in [-0.3, -0.25) is 14.4 Å². The third kappa shape index (κ3) is 67.8. The monoisotopic (exact) mass is 1130 g/mol. The van der Waals surface area contributed by atoms with Gasteiger partial charge in [0.1, 0.15) is 13.2 Å². The first kappa shape index (κ1) is 78.1. The number of ether oxygens (including phenoxy) is 3. The molecule has 0 aliphatic carbocycles. The highest BCUT2D eigenvalue weighted by Crippen LogP contribution is 2.18. The van der Waals surface area contributed by atoms with E-state index < -0.39 is 6.10 Å². The van der Waals surface area contributed by atoms with Crippen molar-refractivity contribution in [3.8, 4) is 0 Å². The highest BCUT2D eigenvalue weighted by Gasteiger charge is 2.19. The van der Waals surface area contributed by atoms with Gasteiger partial charge in [0.2, 0.25) is 0 Å². The Morgan fingerprint density at radius 2 is 0.444 bits per heavy atom. The van der Waals surface area contributed by atoms with Crippen LogP contribution in [-0.2, 0) is 28.6 Å². The Hall–Kier alpha value is -2.89. The summed E-state index contributed by atoms with van der Waals surface area (Å²) in [6.45, 7) is 6.63. The molecule has 81 heavy (non-hydrogen) atoms. The maximum atomic E-state index is 12.9. The second-order valence-electron chi connectivity index (χ2n) is 24.1. The fourth-order valence-electron chi connectivity index (χ4n) is 10.6. The first-order valence-electron chi connectivity index (χ1n) is 35.8. The van der Waals surface area contributed by atoms with Crippen LogP contribution in [0.5, 0.6) is 0 Å². The van der Waals surface area contributed by atoms with Gasteiger partial charge in [-0.25, -0.2) is 0 Å². The Balaban J connectivity index is 4.19. The van der Waals surface area contributed by atoms with Crippen LogP contribution in [0.15, 0.2) is 60.8 Å². The molecule has 0 saturated carbocycles. The summed E-state index contributed by atoms with van der Waals surface area (Å²) in [7, 11) is 0. The average molecular weight is 1130 g/mol. The maximum absolute atomic E-state index is 12.9. The fraction of sp³-hybridized carbons (Fsp3) is 0.827. The van der Waals surface area contributed by atoms with Crippen molar-refractivity contribution in [2.45, 2.75) is 386 Å². The number of esters is 3. The zero-order chi connectivity index (χ0) is 58.5. The van der Waals surface area contributed by atoms with E-state index in [-0.39, 0.29) is 31.1 Å². The first-order valence-corrected chi connectivity index (χ1v) is 35.8. The molecule has 0 rings (SSSR count). The largest absolute Gasteiger partial charge is 0.462 e. The first-order chi connectivity index (χ1) is 40.0.